The highest BCUT2D eigenvalue weighted by atomic mass is 16.2. The van der Waals surface area contributed by atoms with Crippen LogP contribution in [0.15, 0.2) is 24.3 Å². The molecule has 1 aliphatic carbocycles. The minimum absolute atomic E-state index is 0.0615. The van der Waals surface area contributed by atoms with Crippen molar-refractivity contribution in [1.82, 2.24) is 5.32 Å². The lowest BCUT2D eigenvalue weighted by Gasteiger charge is -2.42. The average Bonchev–Trinajstić information content (AvgIpc) is 2.72. The Hall–Kier alpha value is -1.87. The third kappa shape index (κ3) is 4.57. The summed E-state index contributed by atoms with van der Waals surface area (Å²) in [6.45, 7) is 4.47. The van der Waals surface area contributed by atoms with Crippen molar-refractivity contribution in [1.29, 1.82) is 0 Å². The van der Waals surface area contributed by atoms with Crippen LogP contribution in [0.1, 0.15) is 64.0 Å². The molecule has 5 nitrogen and oxygen atoms in total. The van der Waals surface area contributed by atoms with Crippen LogP contribution >= 0.6 is 0 Å². The van der Waals surface area contributed by atoms with Gasteiger partial charge in [0.2, 0.25) is 5.91 Å². The highest BCUT2D eigenvalue weighted by Crippen LogP contribution is 2.38. The Morgan fingerprint density at radius 1 is 1.29 bits per heavy atom. The zero-order chi connectivity index (χ0) is 20.1. The summed E-state index contributed by atoms with van der Waals surface area (Å²) in [5.41, 5.74) is 14.0. The summed E-state index contributed by atoms with van der Waals surface area (Å²) in [7, 11) is 0. The summed E-state index contributed by atoms with van der Waals surface area (Å²) >= 11 is 0. The predicted octanol–water partition coefficient (Wildman–Crippen LogP) is 2.70. The van der Waals surface area contributed by atoms with E-state index in [2.05, 4.69) is 42.3 Å². The normalized spacial score (nSPS) is 28.1. The molecule has 5 N–H and O–H groups in total. The predicted molar refractivity (Wildman–Crippen MR) is 115 cm³/mol. The molecule has 1 heterocycles. The van der Waals surface area contributed by atoms with Crippen molar-refractivity contribution in [2.24, 2.45) is 17.4 Å². The fourth-order valence-corrected chi connectivity index (χ4v) is 4.74. The molecule has 0 spiro atoms. The Morgan fingerprint density at radius 3 is 2.68 bits per heavy atom. The maximum atomic E-state index is 12.5. The molecule has 0 saturated heterocycles. The van der Waals surface area contributed by atoms with Crippen LogP contribution < -0.4 is 21.7 Å². The van der Waals surface area contributed by atoms with Gasteiger partial charge in [-0.2, -0.15) is 0 Å². The second kappa shape index (κ2) is 9.56. The Kier molecular flexibility index (Phi) is 7.12. The van der Waals surface area contributed by atoms with Gasteiger partial charge in [-0.1, -0.05) is 37.0 Å². The molecule has 3 rings (SSSR count). The molecule has 0 radical (unpaired) electrons. The number of nitrogens with one attached hydrogen (secondary N) is 1. The van der Waals surface area contributed by atoms with Crippen molar-refractivity contribution in [2.75, 3.05) is 11.4 Å². The number of hydrogen-bond donors (Lipinski definition) is 3. The van der Waals surface area contributed by atoms with E-state index in [1.807, 2.05) is 17.9 Å². The lowest BCUT2D eigenvalue weighted by Crippen LogP contribution is -2.47. The summed E-state index contributed by atoms with van der Waals surface area (Å²) in [4.78, 5) is 14.5. The molecule has 2 aliphatic rings. The van der Waals surface area contributed by atoms with E-state index < -0.39 is 0 Å². The number of nitrogens with two attached hydrogens (primary N) is 2. The summed E-state index contributed by atoms with van der Waals surface area (Å²) in [6, 6.07) is 9.27. The van der Waals surface area contributed by atoms with E-state index in [0.29, 0.717) is 31.0 Å². The fraction of sp³-hybridized carbons (Fsp3) is 0.609. The first kappa shape index (κ1) is 20.9. The van der Waals surface area contributed by atoms with Gasteiger partial charge < -0.3 is 21.7 Å². The van der Waals surface area contributed by atoms with Gasteiger partial charge in [0.25, 0.3) is 0 Å². The number of carbonyl (C=O) groups is 1. The Labute approximate surface area is 169 Å². The SMILES string of the molecule is CCC(=O)N1c2ccccc2[C@H](NC2CCC(C(N)C#CCN)CC2)C[C@@H]1C. The Bertz CT molecular complexity index is 730. The Morgan fingerprint density at radius 2 is 2.00 bits per heavy atom. The maximum Gasteiger partial charge on any atom is 0.226 e. The molecule has 5 heteroatoms. The number of carbonyl (C=O) groups excluding carboxylic acids is 1. The molecule has 1 aromatic rings. The van der Waals surface area contributed by atoms with Crippen LogP contribution in [0.5, 0.6) is 0 Å². The third-order valence-electron chi connectivity index (χ3n) is 6.25. The molecule has 28 heavy (non-hydrogen) atoms. The van der Waals surface area contributed by atoms with Crippen LogP contribution in [-0.2, 0) is 4.79 Å². The zero-order valence-electron chi connectivity index (χ0n) is 17.2. The van der Waals surface area contributed by atoms with Gasteiger partial charge in [0.1, 0.15) is 0 Å². The van der Waals surface area contributed by atoms with Crippen molar-refractivity contribution in [2.45, 2.75) is 76.5 Å². The summed E-state index contributed by atoms with van der Waals surface area (Å²) in [5, 5.41) is 3.89. The molecular weight excluding hydrogens is 348 g/mol. The van der Waals surface area contributed by atoms with E-state index in [9.17, 15) is 4.79 Å². The number of amides is 1. The molecule has 1 aliphatic heterocycles. The number of para-hydroxylation sites is 1. The number of rotatable bonds is 4. The summed E-state index contributed by atoms with van der Waals surface area (Å²) in [6.07, 6.45) is 5.92. The van der Waals surface area contributed by atoms with Gasteiger partial charge in [0.15, 0.2) is 0 Å². The highest BCUT2D eigenvalue weighted by Gasteiger charge is 2.34. The molecule has 152 valence electrons. The molecule has 1 aromatic carbocycles. The summed E-state index contributed by atoms with van der Waals surface area (Å²) < 4.78 is 0. The van der Waals surface area contributed by atoms with E-state index in [-0.39, 0.29) is 18.0 Å². The van der Waals surface area contributed by atoms with E-state index in [4.69, 9.17) is 11.5 Å². The molecular formula is C23H34N4O. The van der Waals surface area contributed by atoms with Gasteiger partial charge in [-0.3, -0.25) is 4.79 Å². The van der Waals surface area contributed by atoms with Crippen LogP contribution in [0.2, 0.25) is 0 Å². The second-order valence-electron chi connectivity index (χ2n) is 8.14. The monoisotopic (exact) mass is 382 g/mol. The van der Waals surface area contributed by atoms with Crippen LogP contribution in [0, 0.1) is 17.8 Å². The largest absolute Gasteiger partial charge is 0.320 e. The van der Waals surface area contributed by atoms with Gasteiger partial charge in [-0.05, 0) is 56.6 Å². The average molecular weight is 383 g/mol. The number of benzene rings is 1. The van der Waals surface area contributed by atoms with E-state index in [0.717, 1.165) is 37.8 Å². The zero-order valence-corrected chi connectivity index (χ0v) is 17.2. The second-order valence-corrected chi connectivity index (χ2v) is 8.14. The van der Waals surface area contributed by atoms with Gasteiger partial charge in [0, 0.05) is 30.2 Å². The minimum Gasteiger partial charge on any atom is -0.320 e. The number of nitrogens with zero attached hydrogens (tertiary/aromatic N) is 1. The lowest BCUT2D eigenvalue weighted by molar-refractivity contribution is -0.118. The van der Waals surface area contributed by atoms with Crippen molar-refractivity contribution in [3.63, 3.8) is 0 Å². The molecule has 1 amide bonds. The van der Waals surface area contributed by atoms with Gasteiger partial charge in [0.05, 0.1) is 12.6 Å². The van der Waals surface area contributed by atoms with Crippen molar-refractivity contribution in [3.05, 3.63) is 29.8 Å². The standard InChI is InChI=1S/C23H34N4O/c1-3-23(28)27-16(2)15-21(19-7-4-5-9-22(19)27)26-18-12-10-17(11-13-18)20(25)8-6-14-24/h4-5,7,9,16-18,20-21,26H,3,10-15,24-25H2,1-2H3/t16-,17?,18?,20?,21+/m0/s1. The van der Waals surface area contributed by atoms with E-state index in [1.165, 1.54) is 5.56 Å². The van der Waals surface area contributed by atoms with Crippen LogP contribution in [0.4, 0.5) is 5.69 Å². The topological polar surface area (TPSA) is 84.4 Å². The first-order valence-corrected chi connectivity index (χ1v) is 10.7. The molecule has 1 unspecified atom stereocenters. The van der Waals surface area contributed by atoms with E-state index in [1.54, 1.807) is 0 Å². The first-order chi connectivity index (χ1) is 13.5. The molecule has 1 saturated carbocycles. The number of fused-ring (bicyclic) bond motifs is 1. The van der Waals surface area contributed by atoms with Crippen molar-refractivity contribution in [3.8, 4) is 11.8 Å². The smallest absolute Gasteiger partial charge is 0.226 e. The van der Waals surface area contributed by atoms with Crippen LogP contribution in [0.3, 0.4) is 0 Å². The van der Waals surface area contributed by atoms with Crippen LogP contribution in [-0.4, -0.2) is 30.6 Å². The third-order valence-corrected chi connectivity index (χ3v) is 6.25. The lowest BCUT2D eigenvalue weighted by atomic mass is 9.81. The molecule has 0 aromatic heterocycles. The highest BCUT2D eigenvalue weighted by molar-refractivity contribution is 5.95. The van der Waals surface area contributed by atoms with Crippen LogP contribution in [0.25, 0.3) is 0 Å². The Balaban J connectivity index is 1.66. The van der Waals surface area contributed by atoms with Gasteiger partial charge in [-0.25, -0.2) is 0 Å². The maximum absolute atomic E-state index is 12.5. The minimum atomic E-state index is -0.0615. The number of anilines is 1. The van der Waals surface area contributed by atoms with E-state index >= 15 is 0 Å². The molecule has 1 fully saturated rings. The van der Waals surface area contributed by atoms with Gasteiger partial charge >= 0.3 is 0 Å². The fourth-order valence-electron chi connectivity index (χ4n) is 4.74. The molecule has 3 atom stereocenters. The molecule has 0 bridgehead atoms. The summed E-state index contributed by atoms with van der Waals surface area (Å²) in [5.74, 6) is 6.66. The number of hydrogen-bond acceptors (Lipinski definition) is 4. The van der Waals surface area contributed by atoms with Crippen molar-refractivity contribution < 1.29 is 4.79 Å². The van der Waals surface area contributed by atoms with Gasteiger partial charge in [-0.15, -0.1) is 0 Å². The first-order valence-electron chi connectivity index (χ1n) is 10.7. The van der Waals surface area contributed by atoms with Crippen molar-refractivity contribution >= 4 is 11.6 Å². The quantitative estimate of drug-likeness (QED) is 0.699.